The van der Waals surface area contributed by atoms with Crippen LogP contribution < -0.4 is 0 Å². The Morgan fingerprint density at radius 2 is 0.470 bits per heavy atom. The van der Waals surface area contributed by atoms with E-state index in [0.717, 1.165) is 135 Å². The molecular formula is C77H130O6. The van der Waals surface area contributed by atoms with Crippen molar-refractivity contribution in [1.29, 1.82) is 0 Å². The molecule has 6 nitrogen and oxygen atoms in total. The molecule has 0 fully saturated rings. The van der Waals surface area contributed by atoms with Gasteiger partial charge in [-0.05, 0) is 109 Å². The average Bonchev–Trinajstić information content (AvgIpc) is 3.50. The Kier molecular flexibility index (Phi) is 66.7. The highest BCUT2D eigenvalue weighted by molar-refractivity contribution is 5.71. The quantitative estimate of drug-likeness (QED) is 0.0261. The van der Waals surface area contributed by atoms with Gasteiger partial charge in [-0.1, -0.05) is 322 Å². The van der Waals surface area contributed by atoms with Gasteiger partial charge in [-0.15, -0.1) is 0 Å². The van der Waals surface area contributed by atoms with E-state index in [1.54, 1.807) is 0 Å². The van der Waals surface area contributed by atoms with Crippen molar-refractivity contribution in [3.63, 3.8) is 0 Å². The predicted molar refractivity (Wildman–Crippen MR) is 362 cm³/mol. The number of carbonyl (C=O) groups excluding carboxylic acids is 3. The van der Waals surface area contributed by atoms with E-state index in [1.807, 2.05) is 0 Å². The summed E-state index contributed by atoms with van der Waals surface area (Å²) < 4.78 is 16.8. The molecule has 1 atom stereocenters. The minimum Gasteiger partial charge on any atom is -0.462 e. The molecule has 0 heterocycles. The molecule has 0 saturated carbocycles. The number of hydrogen-bond acceptors (Lipinski definition) is 6. The summed E-state index contributed by atoms with van der Waals surface area (Å²) in [6, 6.07) is 0. The van der Waals surface area contributed by atoms with Gasteiger partial charge < -0.3 is 14.2 Å². The summed E-state index contributed by atoms with van der Waals surface area (Å²) in [6.07, 6.45) is 98.4. The first-order valence-electron chi connectivity index (χ1n) is 35.0. The topological polar surface area (TPSA) is 78.9 Å². The van der Waals surface area contributed by atoms with Crippen LogP contribution in [0.2, 0.25) is 0 Å². The second kappa shape index (κ2) is 70.3. The van der Waals surface area contributed by atoms with Gasteiger partial charge in [0.2, 0.25) is 0 Å². The molecule has 0 aromatic rings. The maximum absolute atomic E-state index is 12.9. The second-order valence-electron chi connectivity index (χ2n) is 23.0. The van der Waals surface area contributed by atoms with Crippen molar-refractivity contribution in [2.75, 3.05) is 13.2 Å². The van der Waals surface area contributed by atoms with E-state index >= 15 is 0 Å². The fraction of sp³-hybridized carbons (Fsp3) is 0.701. The maximum atomic E-state index is 12.9. The summed E-state index contributed by atoms with van der Waals surface area (Å²) in [4.78, 5) is 38.2. The smallest absolute Gasteiger partial charge is 0.306 e. The maximum Gasteiger partial charge on any atom is 0.306 e. The first-order valence-corrected chi connectivity index (χ1v) is 35.0. The summed E-state index contributed by atoms with van der Waals surface area (Å²) in [5, 5.41) is 0. The van der Waals surface area contributed by atoms with Crippen molar-refractivity contribution in [3.8, 4) is 0 Å². The Hall–Kier alpha value is -4.19. The lowest BCUT2D eigenvalue weighted by Gasteiger charge is -2.18. The second-order valence-corrected chi connectivity index (χ2v) is 23.0. The number of allylic oxidation sites excluding steroid dienone is 20. The summed E-state index contributed by atoms with van der Waals surface area (Å²) in [6.45, 7) is 6.37. The van der Waals surface area contributed by atoms with Crippen molar-refractivity contribution in [2.45, 2.75) is 335 Å². The zero-order chi connectivity index (χ0) is 59.9. The number of rotatable bonds is 63. The van der Waals surface area contributed by atoms with Crippen LogP contribution in [-0.4, -0.2) is 37.2 Å². The lowest BCUT2D eigenvalue weighted by atomic mass is 10.0. The molecule has 0 aliphatic heterocycles. The largest absolute Gasteiger partial charge is 0.462 e. The molecule has 0 N–H and O–H groups in total. The van der Waals surface area contributed by atoms with Gasteiger partial charge in [-0.25, -0.2) is 0 Å². The molecule has 6 heteroatoms. The Labute approximate surface area is 513 Å². The van der Waals surface area contributed by atoms with Gasteiger partial charge in [0, 0.05) is 19.3 Å². The first kappa shape index (κ1) is 78.8. The van der Waals surface area contributed by atoms with Crippen molar-refractivity contribution in [1.82, 2.24) is 0 Å². The van der Waals surface area contributed by atoms with E-state index in [-0.39, 0.29) is 31.1 Å². The van der Waals surface area contributed by atoms with Gasteiger partial charge in [0.15, 0.2) is 6.10 Å². The van der Waals surface area contributed by atoms with Crippen molar-refractivity contribution >= 4 is 17.9 Å². The highest BCUT2D eigenvalue weighted by Crippen LogP contribution is 2.17. The summed E-state index contributed by atoms with van der Waals surface area (Å²) >= 11 is 0. The standard InChI is InChI=1S/C77H130O6/c1-4-7-10-13-16-18-20-22-24-26-28-30-32-33-34-35-36-37-38-39-40-41-42-43-45-46-48-50-52-54-56-58-61-64-67-70-76(79)82-73-74(72-81-75(78)69-66-63-60-15-12-9-6-3)83-77(80)71-68-65-62-59-57-55-53-51-49-47-44-31-29-27-25-23-21-19-17-14-11-8-5-2/h7-8,10-11,16-19,22-25,28-31,47,49,53,55,74H,4-6,9,12-15,20-21,26-27,32-46,48,50-52,54,56-73H2,1-3H3/b10-7-,11-8-,18-16-,19-17-,24-22-,25-23-,30-28-,31-29-,49-47-,55-53-. The Bertz CT molecular complexity index is 1700. The van der Waals surface area contributed by atoms with Crippen LogP contribution in [0.5, 0.6) is 0 Å². The lowest BCUT2D eigenvalue weighted by Crippen LogP contribution is -2.30. The molecule has 0 aromatic carbocycles. The van der Waals surface area contributed by atoms with E-state index in [1.165, 1.54) is 154 Å². The molecule has 83 heavy (non-hydrogen) atoms. The third-order valence-corrected chi connectivity index (χ3v) is 15.0. The summed E-state index contributed by atoms with van der Waals surface area (Å²) in [5.74, 6) is -0.908. The van der Waals surface area contributed by atoms with Gasteiger partial charge in [-0.3, -0.25) is 14.4 Å². The monoisotopic (exact) mass is 1150 g/mol. The minimum atomic E-state index is -0.790. The van der Waals surface area contributed by atoms with Crippen molar-refractivity contribution < 1.29 is 28.6 Å². The molecule has 1 unspecified atom stereocenters. The third-order valence-electron chi connectivity index (χ3n) is 15.0. The Morgan fingerprint density at radius 1 is 0.253 bits per heavy atom. The van der Waals surface area contributed by atoms with E-state index < -0.39 is 6.10 Å². The fourth-order valence-electron chi connectivity index (χ4n) is 9.79. The van der Waals surface area contributed by atoms with Crippen LogP contribution in [0, 0.1) is 0 Å². The van der Waals surface area contributed by atoms with E-state index in [2.05, 4.69) is 142 Å². The molecule has 0 amide bonds. The molecule has 0 bridgehead atoms. The van der Waals surface area contributed by atoms with Gasteiger partial charge in [0.1, 0.15) is 13.2 Å². The average molecular weight is 1150 g/mol. The highest BCUT2D eigenvalue weighted by Gasteiger charge is 2.19. The van der Waals surface area contributed by atoms with E-state index in [0.29, 0.717) is 19.3 Å². The van der Waals surface area contributed by atoms with Crippen LogP contribution in [0.15, 0.2) is 122 Å². The molecule has 0 spiro atoms. The zero-order valence-corrected chi connectivity index (χ0v) is 54.4. The number of esters is 3. The first-order chi connectivity index (χ1) is 41.0. The van der Waals surface area contributed by atoms with Crippen molar-refractivity contribution in [2.24, 2.45) is 0 Å². The molecule has 474 valence electrons. The number of ether oxygens (including phenoxy) is 3. The van der Waals surface area contributed by atoms with Gasteiger partial charge in [0.25, 0.3) is 0 Å². The fourth-order valence-corrected chi connectivity index (χ4v) is 9.79. The van der Waals surface area contributed by atoms with E-state index in [9.17, 15) is 14.4 Å². The van der Waals surface area contributed by atoms with Crippen LogP contribution in [-0.2, 0) is 28.6 Å². The number of carbonyl (C=O) groups is 3. The zero-order valence-electron chi connectivity index (χ0n) is 54.4. The van der Waals surface area contributed by atoms with Crippen LogP contribution >= 0.6 is 0 Å². The molecule has 0 aliphatic carbocycles. The van der Waals surface area contributed by atoms with Crippen LogP contribution in [0.1, 0.15) is 329 Å². The minimum absolute atomic E-state index is 0.0862. The van der Waals surface area contributed by atoms with E-state index in [4.69, 9.17) is 14.2 Å². The van der Waals surface area contributed by atoms with Gasteiger partial charge in [0.05, 0.1) is 0 Å². The third kappa shape index (κ3) is 68.5. The SMILES string of the molecule is CC/C=C\C/C=C\C/C=C\C/C=C\C/C=C\C/C=C\CCCCCCC(=O)OC(COC(=O)CCCCCCCCC)COC(=O)CCCCCCCCCCCCCCCCCCCCCCCC/C=C\C/C=C\C/C=C\C/C=C\CC. The molecule has 0 aromatic heterocycles. The number of unbranched alkanes of at least 4 members (excludes halogenated alkanes) is 32. The van der Waals surface area contributed by atoms with Gasteiger partial charge >= 0.3 is 17.9 Å². The highest BCUT2D eigenvalue weighted by atomic mass is 16.6. The summed E-state index contributed by atoms with van der Waals surface area (Å²) in [7, 11) is 0. The Balaban J connectivity index is 4.05. The van der Waals surface area contributed by atoms with Crippen LogP contribution in [0.3, 0.4) is 0 Å². The van der Waals surface area contributed by atoms with Gasteiger partial charge in [-0.2, -0.15) is 0 Å². The lowest BCUT2D eigenvalue weighted by molar-refractivity contribution is -0.167. The molecular weight excluding hydrogens is 1020 g/mol. The molecule has 0 aliphatic rings. The molecule has 0 rings (SSSR count). The molecule has 0 radical (unpaired) electrons. The number of hydrogen-bond donors (Lipinski definition) is 0. The molecule has 0 saturated heterocycles. The predicted octanol–water partition coefficient (Wildman–Crippen LogP) is 24.3. The Morgan fingerprint density at radius 3 is 0.735 bits per heavy atom. The van der Waals surface area contributed by atoms with Crippen LogP contribution in [0.25, 0.3) is 0 Å². The van der Waals surface area contributed by atoms with Crippen molar-refractivity contribution in [3.05, 3.63) is 122 Å². The normalized spacial score (nSPS) is 12.9. The summed E-state index contributed by atoms with van der Waals surface area (Å²) in [5.41, 5.74) is 0. The van der Waals surface area contributed by atoms with Crippen LogP contribution in [0.4, 0.5) is 0 Å².